The molecule has 1 aliphatic heterocycles. The number of carbonyl (C=O) groups is 1. The first-order valence-electron chi connectivity index (χ1n) is 7.19. The summed E-state index contributed by atoms with van der Waals surface area (Å²) in [4.78, 5) is 13.0. The topological polar surface area (TPSA) is 70.7 Å². The number of primary amides is 1. The number of anilines is 1. The molecule has 2 amide bonds. The number of amides is 2. The SMILES string of the molecule is Cc1cc2c(cc1/C=N\NC(N)=O)[C@H](C)CC(C)(C)N2C. The maximum absolute atomic E-state index is 10.7. The van der Waals surface area contributed by atoms with Crippen LogP contribution in [-0.2, 0) is 0 Å². The first-order valence-corrected chi connectivity index (χ1v) is 7.19. The van der Waals surface area contributed by atoms with E-state index in [1.54, 1.807) is 6.21 Å². The summed E-state index contributed by atoms with van der Waals surface area (Å²) in [6, 6.07) is 3.70. The minimum atomic E-state index is -0.656. The molecule has 5 nitrogen and oxygen atoms in total. The van der Waals surface area contributed by atoms with E-state index in [-0.39, 0.29) is 5.54 Å². The van der Waals surface area contributed by atoms with Crippen LogP contribution in [0.25, 0.3) is 0 Å². The van der Waals surface area contributed by atoms with Gasteiger partial charge in [0, 0.05) is 18.3 Å². The van der Waals surface area contributed by atoms with Gasteiger partial charge in [0.25, 0.3) is 0 Å². The Labute approximate surface area is 126 Å². The molecule has 1 heterocycles. The molecule has 0 bridgehead atoms. The van der Waals surface area contributed by atoms with Gasteiger partial charge in [0.2, 0.25) is 0 Å². The summed E-state index contributed by atoms with van der Waals surface area (Å²) in [6.45, 7) is 8.85. The molecule has 21 heavy (non-hydrogen) atoms. The Morgan fingerprint density at radius 1 is 1.52 bits per heavy atom. The highest BCUT2D eigenvalue weighted by Crippen LogP contribution is 2.43. The van der Waals surface area contributed by atoms with E-state index in [1.165, 1.54) is 11.3 Å². The highest BCUT2D eigenvalue weighted by atomic mass is 16.2. The molecule has 0 aliphatic carbocycles. The third kappa shape index (κ3) is 3.01. The van der Waals surface area contributed by atoms with Gasteiger partial charge in [-0.2, -0.15) is 5.10 Å². The van der Waals surface area contributed by atoms with E-state index in [9.17, 15) is 4.79 Å². The Morgan fingerprint density at radius 2 is 2.19 bits per heavy atom. The number of aryl methyl sites for hydroxylation is 1. The maximum atomic E-state index is 10.7. The second-order valence-corrected chi connectivity index (χ2v) is 6.48. The molecule has 0 aromatic heterocycles. The predicted molar refractivity (Wildman–Crippen MR) is 87.0 cm³/mol. The van der Waals surface area contributed by atoms with Crippen LogP contribution in [0.1, 0.15) is 49.8 Å². The molecule has 3 N–H and O–H groups in total. The van der Waals surface area contributed by atoms with E-state index >= 15 is 0 Å². The van der Waals surface area contributed by atoms with Gasteiger partial charge in [0.05, 0.1) is 6.21 Å². The number of rotatable bonds is 2. The molecule has 0 saturated heterocycles. The number of carbonyl (C=O) groups excluding carboxylic acids is 1. The third-order valence-electron chi connectivity index (χ3n) is 4.40. The van der Waals surface area contributed by atoms with Crippen LogP contribution in [0.5, 0.6) is 0 Å². The quantitative estimate of drug-likeness (QED) is 0.649. The molecule has 0 radical (unpaired) electrons. The Hall–Kier alpha value is -2.04. The van der Waals surface area contributed by atoms with Gasteiger partial charge >= 0.3 is 6.03 Å². The highest BCUT2D eigenvalue weighted by Gasteiger charge is 2.34. The minimum Gasteiger partial charge on any atom is -0.369 e. The monoisotopic (exact) mass is 288 g/mol. The summed E-state index contributed by atoms with van der Waals surface area (Å²) in [5.74, 6) is 0.489. The van der Waals surface area contributed by atoms with Gasteiger partial charge in [-0.25, -0.2) is 10.2 Å². The van der Waals surface area contributed by atoms with Crippen molar-refractivity contribution < 1.29 is 4.79 Å². The number of hydrogen-bond acceptors (Lipinski definition) is 3. The van der Waals surface area contributed by atoms with E-state index in [0.717, 1.165) is 17.5 Å². The Morgan fingerprint density at radius 3 is 2.81 bits per heavy atom. The van der Waals surface area contributed by atoms with Crippen molar-refractivity contribution in [3.63, 3.8) is 0 Å². The van der Waals surface area contributed by atoms with Gasteiger partial charge in [-0.05, 0) is 61.9 Å². The van der Waals surface area contributed by atoms with Crippen molar-refractivity contribution in [2.75, 3.05) is 11.9 Å². The summed E-state index contributed by atoms with van der Waals surface area (Å²) in [5.41, 5.74) is 12.1. The highest BCUT2D eigenvalue weighted by molar-refractivity contribution is 5.85. The second kappa shape index (κ2) is 5.39. The largest absolute Gasteiger partial charge is 0.369 e. The van der Waals surface area contributed by atoms with E-state index in [1.807, 2.05) is 6.92 Å². The normalized spacial score (nSPS) is 20.4. The van der Waals surface area contributed by atoms with Crippen LogP contribution in [0.4, 0.5) is 10.5 Å². The van der Waals surface area contributed by atoms with Gasteiger partial charge in [-0.3, -0.25) is 0 Å². The van der Waals surface area contributed by atoms with E-state index in [4.69, 9.17) is 5.73 Å². The van der Waals surface area contributed by atoms with Gasteiger partial charge in [-0.15, -0.1) is 0 Å². The fraction of sp³-hybridized carbons (Fsp3) is 0.500. The first kappa shape index (κ1) is 15.4. The lowest BCUT2D eigenvalue weighted by atomic mass is 9.79. The third-order valence-corrected chi connectivity index (χ3v) is 4.40. The average Bonchev–Trinajstić information content (AvgIpc) is 2.36. The summed E-state index contributed by atoms with van der Waals surface area (Å²) >= 11 is 0. The van der Waals surface area contributed by atoms with E-state index in [0.29, 0.717) is 5.92 Å². The summed E-state index contributed by atoms with van der Waals surface area (Å²) in [6.07, 6.45) is 2.75. The van der Waals surface area contributed by atoms with Crippen LogP contribution >= 0.6 is 0 Å². The van der Waals surface area contributed by atoms with Crippen LogP contribution in [0, 0.1) is 6.92 Å². The number of hydrazone groups is 1. The zero-order valence-electron chi connectivity index (χ0n) is 13.4. The zero-order chi connectivity index (χ0) is 15.8. The van der Waals surface area contributed by atoms with Crippen molar-refractivity contribution >= 4 is 17.9 Å². The molecule has 1 aromatic carbocycles. The van der Waals surface area contributed by atoms with Crippen molar-refractivity contribution in [1.82, 2.24) is 5.43 Å². The van der Waals surface area contributed by atoms with Crippen molar-refractivity contribution in [3.05, 3.63) is 28.8 Å². The molecule has 0 saturated carbocycles. The lowest BCUT2D eigenvalue weighted by Crippen LogP contribution is -2.45. The smallest absolute Gasteiger partial charge is 0.332 e. The first-order chi connectivity index (χ1) is 9.72. The fourth-order valence-corrected chi connectivity index (χ4v) is 3.04. The van der Waals surface area contributed by atoms with Gasteiger partial charge in [0.1, 0.15) is 0 Å². The van der Waals surface area contributed by atoms with Crippen molar-refractivity contribution in [1.29, 1.82) is 0 Å². The molecule has 5 heteroatoms. The van der Waals surface area contributed by atoms with Crippen LogP contribution in [-0.4, -0.2) is 24.8 Å². The molecule has 1 aromatic rings. The number of nitrogens with zero attached hydrogens (tertiary/aromatic N) is 2. The van der Waals surface area contributed by atoms with Gasteiger partial charge in [-0.1, -0.05) is 6.92 Å². The molecular weight excluding hydrogens is 264 g/mol. The number of benzene rings is 1. The predicted octanol–water partition coefficient (Wildman–Crippen LogP) is 2.72. The lowest BCUT2D eigenvalue weighted by molar-refractivity contribution is 0.249. The Balaban J connectivity index is 2.41. The summed E-state index contributed by atoms with van der Waals surface area (Å²) in [5, 5.41) is 3.86. The lowest BCUT2D eigenvalue weighted by Gasteiger charge is -2.45. The van der Waals surface area contributed by atoms with Gasteiger partial charge in [0.15, 0.2) is 0 Å². The van der Waals surface area contributed by atoms with Crippen molar-refractivity contribution in [3.8, 4) is 0 Å². The number of nitrogens with two attached hydrogens (primary N) is 1. The number of fused-ring (bicyclic) bond motifs is 1. The zero-order valence-corrected chi connectivity index (χ0v) is 13.4. The van der Waals surface area contributed by atoms with Crippen molar-refractivity contribution in [2.24, 2.45) is 10.8 Å². The average molecular weight is 288 g/mol. The number of hydrogen-bond donors (Lipinski definition) is 2. The van der Waals surface area contributed by atoms with Crippen LogP contribution < -0.4 is 16.1 Å². The van der Waals surface area contributed by atoms with Gasteiger partial charge < -0.3 is 10.6 Å². The maximum Gasteiger partial charge on any atom is 0.332 e. The molecular formula is C16H24N4O. The molecule has 1 atom stereocenters. The standard InChI is InChI=1S/C16H24N4O/c1-10-6-14-13(7-12(10)9-18-19-15(17)21)11(2)8-16(3,4)20(14)5/h6-7,9,11H,8H2,1-5H3,(H3,17,19,21)/b18-9-/t11-/m1/s1. The number of urea groups is 1. The molecule has 114 valence electrons. The second-order valence-electron chi connectivity index (χ2n) is 6.48. The molecule has 0 fully saturated rings. The Bertz CT molecular complexity index is 592. The minimum absolute atomic E-state index is 0.155. The fourth-order valence-electron chi connectivity index (χ4n) is 3.04. The van der Waals surface area contributed by atoms with Crippen LogP contribution in [0.2, 0.25) is 0 Å². The van der Waals surface area contributed by atoms with Crippen LogP contribution in [0.15, 0.2) is 17.2 Å². The van der Waals surface area contributed by atoms with E-state index < -0.39 is 6.03 Å². The van der Waals surface area contributed by atoms with Crippen molar-refractivity contribution in [2.45, 2.75) is 45.6 Å². The molecule has 2 rings (SSSR count). The van der Waals surface area contributed by atoms with E-state index in [2.05, 4.69) is 55.4 Å². The Kier molecular flexibility index (Phi) is 3.94. The number of nitrogens with one attached hydrogen (secondary N) is 1. The molecule has 0 unspecified atom stereocenters. The van der Waals surface area contributed by atoms with Crippen LogP contribution in [0.3, 0.4) is 0 Å². The summed E-state index contributed by atoms with van der Waals surface area (Å²) < 4.78 is 0. The summed E-state index contributed by atoms with van der Waals surface area (Å²) in [7, 11) is 2.15. The molecule has 1 aliphatic rings. The molecule has 0 spiro atoms.